The first-order valence-corrected chi connectivity index (χ1v) is 5.70. The molecule has 0 N–H and O–H groups in total. The van der Waals surface area contributed by atoms with Crippen molar-refractivity contribution in [3.8, 4) is 0 Å². The molecule has 0 aromatic carbocycles. The molecule has 0 radical (unpaired) electrons. The van der Waals surface area contributed by atoms with Crippen molar-refractivity contribution in [1.82, 2.24) is 14.8 Å². The highest BCUT2D eigenvalue weighted by Crippen LogP contribution is 2.33. The average molecular weight is 227 g/mol. The van der Waals surface area contributed by atoms with Gasteiger partial charge in [-0.25, -0.2) is 0 Å². The molecular weight excluding hydrogens is 206 g/mol. The molecule has 0 fully saturated rings. The van der Waals surface area contributed by atoms with Gasteiger partial charge < -0.3 is 4.57 Å². The Balaban J connectivity index is 3.06. The van der Waals surface area contributed by atoms with Gasteiger partial charge >= 0.3 is 0 Å². The molecule has 0 unspecified atom stereocenters. The largest absolute Gasteiger partial charge is 0.301 e. The lowest BCUT2D eigenvalue weighted by Crippen LogP contribution is -2.32. The summed E-state index contributed by atoms with van der Waals surface area (Å²) in [5.74, 6) is 0.925. The molecule has 0 spiro atoms. The summed E-state index contributed by atoms with van der Waals surface area (Å²) in [6.45, 7) is 13.1. The van der Waals surface area contributed by atoms with Crippen LogP contribution in [0.2, 0.25) is 0 Å². The number of aromatic nitrogens is 3. The molecule has 4 heteroatoms. The molecule has 0 saturated carbocycles. The topological polar surface area (TPSA) is 30.7 Å². The summed E-state index contributed by atoms with van der Waals surface area (Å²) >= 11 is 4.35. The number of hydrogen-bond acceptors (Lipinski definition) is 3. The number of thiol groups is 1. The minimum Gasteiger partial charge on any atom is -0.301 e. The minimum atomic E-state index is 0.00289. The van der Waals surface area contributed by atoms with E-state index in [-0.39, 0.29) is 11.0 Å². The molecule has 1 aromatic rings. The first-order chi connectivity index (χ1) is 6.63. The summed E-state index contributed by atoms with van der Waals surface area (Å²) < 4.78 is 2.10. The van der Waals surface area contributed by atoms with Crippen LogP contribution in [0.5, 0.6) is 0 Å². The van der Waals surface area contributed by atoms with Gasteiger partial charge in [-0.15, -0.1) is 22.8 Å². The van der Waals surface area contributed by atoms with Crippen LogP contribution in [0.1, 0.15) is 46.9 Å². The Morgan fingerprint density at radius 1 is 1.13 bits per heavy atom. The SMILES string of the molecule is Cc1nnc(S)n1C(C)(C)CC(C)(C)C. The maximum Gasteiger partial charge on any atom is 0.188 e. The molecule has 1 heterocycles. The van der Waals surface area contributed by atoms with Gasteiger partial charge in [0.05, 0.1) is 0 Å². The monoisotopic (exact) mass is 227 g/mol. The van der Waals surface area contributed by atoms with Crippen molar-refractivity contribution >= 4 is 12.6 Å². The molecule has 3 nitrogen and oxygen atoms in total. The van der Waals surface area contributed by atoms with Crippen molar-refractivity contribution in [2.24, 2.45) is 5.41 Å². The number of nitrogens with zero attached hydrogens (tertiary/aromatic N) is 3. The van der Waals surface area contributed by atoms with Gasteiger partial charge in [0.2, 0.25) is 0 Å². The van der Waals surface area contributed by atoms with E-state index in [9.17, 15) is 0 Å². The van der Waals surface area contributed by atoms with Crippen LogP contribution in [-0.4, -0.2) is 14.8 Å². The van der Waals surface area contributed by atoms with Crippen LogP contribution in [0.3, 0.4) is 0 Å². The lowest BCUT2D eigenvalue weighted by molar-refractivity contribution is 0.200. The van der Waals surface area contributed by atoms with Gasteiger partial charge in [0.15, 0.2) is 5.16 Å². The number of hydrogen-bond donors (Lipinski definition) is 1. The van der Waals surface area contributed by atoms with Crippen LogP contribution < -0.4 is 0 Å². The number of rotatable bonds is 2. The third kappa shape index (κ3) is 2.97. The predicted molar refractivity (Wildman–Crippen MR) is 65.4 cm³/mol. The molecule has 0 aliphatic carbocycles. The van der Waals surface area contributed by atoms with Crippen LogP contribution in [-0.2, 0) is 5.54 Å². The molecular formula is C11H21N3S. The Kier molecular flexibility index (Phi) is 3.19. The molecule has 15 heavy (non-hydrogen) atoms. The lowest BCUT2D eigenvalue weighted by atomic mass is 9.81. The molecule has 1 aromatic heterocycles. The summed E-state index contributed by atoms with van der Waals surface area (Å²) in [7, 11) is 0. The average Bonchev–Trinajstić information content (AvgIpc) is 2.25. The highest BCUT2D eigenvalue weighted by molar-refractivity contribution is 7.80. The zero-order chi connectivity index (χ0) is 11.9. The van der Waals surface area contributed by atoms with Gasteiger partial charge in [0.25, 0.3) is 0 Å². The van der Waals surface area contributed by atoms with Gasteiger partial charge in [0, 0.05) is 5.54 Å². The molecule has 0 bridgehead atoms. The Hall–Kier alpha value is -0.510. The molecule has 0 atom stereocenters. The van der Waals surface area contributed by atoms with Crippen molar-refractivity contribution in [1.29, 1.82) is 0 Å². The van der Waals surface area contributed by atoms with Gasteiger partial charge in [-0.1, -0.05) is 20.8 Å². The van der Waals surface area contributed by atoms with Crippen molar-refractivity contribution in [2.45, 2.75) is 58.7 Å². The van der Waals surface area contributed by atoms with Crippen molar-refractivity contribution in [2.75, 3.05) is 0 Å². The molecule has 86 valence electrons. The summed E-state index contributed by atoms with van der Waals surface area (Å²) in [4.78, 5) is 0. The van der Waals surface area contributed by atoms with Crippen LogP contribution in [0.15, 0.2) is 5.16 Å². The van der Waals surface area contributed by atoms with Crippen molar-refractivity contribution < 1.29 is 0 Å². The van der Waals surface area contributed by atoms with E-state index in [4.69, 9.17) is 0 Å². The maximum atomic E-state index is 4.35. The lowest BCUT2D eigenvalue weighted by Gasteiger charge is -2.34. The van der Waals surface area contributed by atoms with Gasteiger partial charge in [0.1, 0.15) is 5.82 Å². The van der Waals surface area contributed by atoms with E-state index < -0.39 is 0 Å². The van der Waals surface area contributed by atoms with Gasteiger partial charge in [-0.3, -0.25) is 0 Å². The second-order valence-corrected chi connectivity index (χ2v) is 6.33. The van der Waals surface area contributed by atoms with Crippen LogP contribution in [0.25, 0.3) is 0 Å². The van der Waals surface area contributed by atoms with E-state index in [1.165, 1.54) is 0 Å². The quantitative estimate of drug-likeness (QED) is 0.787. The third-order valence-electron chi connectivity index (χ3n) is 2.38. The van der Waals surface area contributed by atoms with E-state index in [0.717, 1.165) is 12.2 Å². The van der Waals surface area contributed by atoms with Crippen LogP contribution in [0, 0.1) is 12.3 Å². The van der Waals surface area contributed by atoms with Gasteiger partial charge in [-0.05, 0) is 32.6 Å². The highest BCUT2D eigenvalue weighted by atomic mass is 32.1. The van der Waals surface area contributed by atoms with Gasteiger partial charge in [-0.2, -0.15) is 0 Å². The van der Waals surface area contributed by atoms with Crippen molar-refractivity contribution in [3.05, 3.63) is 5.82 Å². The molecule has 0 amide bonds. The summed E-state index contributed by atoms with van der Waals surface area (Å²) in [6, 6.07) is 0. The van der Waals surface area contributed by atoms with E-state index in [1.54, 1.807) is 0 Å². The maximum absolute atomic E-state index is 4.35. The molecule has 0 saturated heterocycles. The number of aryl methyl sites for hydroxylation is 1. The Morgan fingerprint density at radius 2 is 1.67 bits per heavy atom. The van der Waals surface area contributed by atoms with Crippen LogP contribution >= 0.6 is 12.6 Å². The first kappa shape index (κ1) is 12.6. The fourth-order valence-corrected chi connectivity index (χ4v) is 2.90. The van der Waals surface area contributed by atoms with E-state index in [0.29, 0.717) is 5.16 Å². The summed E-state index contributed by atoms with van der Waals surface area (Å²) in [6.07, 6.45) is 1.06. The zero-order valence-corrected chi connectivity index (χ0v) is 11.4. The molecule has 1 rings (SSSR count). The predicted octanol–water partition coefficient (Wildman–Crippen LogP) is 3.05. The second kappa shape index (κ2) is 3.81. The fourth-order valence-electron chi connectivity index (χ4n) is 2.44. The minimum absolute atomic E-state index is 0.00289. The standard InChI is InChI=1S/C11H21N3S/c1-8-12-13-9(15)14(8)11(5,6)7-10(2,3)4/h7H2,1-6H3,(H,13,15). The molecule has 0 aliphatic heterocycles. The Labute approximate surface area is 97.7 Å². The van der Waals surface area contributed by atoms with Crippen molar-refractivity contribution in [3.63, 3.8) is 0 Å². The second-order valence-electron chi connectivity index (χ2n) is 5.93. The summed E-state index contributed by atoms with van der Waals surface area (Å²) in [5, 5.41) is 8.73. The first-order valence-electron chi connectivity index (χ1n) is 5.25. The van der Waals surface area contributed by atoms with Crippen LogP contribution in [0.4, 0.5) is 0 Å². The Morgan fingerprint density at radius 3 is 2.00 bits per heavy atom. The smallest absolute Gasteiger partial charge is 0.188 e. The van der Waals surface area contributed by atoms with E-state index >= 15 is 0 Å². The zero-order valence-electron chi connectivity index (χ0n) is 10.5. The van der Waals surface area contributed by atoms with E-state index in [2.05, 4.69) is 62.0 Å². The highest BCUT2D eigenvalue weighted by Gasteiger charge is 2.29. The normalized spacial score (nSPS) is 13.3. The Bertz CT molecular complexity index is 328. The third-order valence-corrected chi connectivity index (χ3v) is 2.67. The van der Waals surface area contributed by atoms with E-state index in [1.807, 2.05) is 6.92 Å². The summed E-state index contributed by atoms with van der Waals surface area (Å²) in [5.41, 5.74) is 0.281. The fraction of sp³-hybridized carbons (Fsp3) is 0.818. The molecule has 0 aliphatic rings.